The van der Waals surface area contributed by atoms with Crippen molar-refractivity contribution in [1.82, 2.24) is 0 Å². The highest BCUT2D eigenvalue weighted by atomic mass is 36.5. The van der Waals surface area contributed by atoms with Gasteiger partial charge in [-0.3, -0.25) is 0 Å². The van der Waals surface area contributed by atoms with E-state index in [0.29, 0.717) is 0 Å². The summed E-state index contributed by atoms with van der Waals surface area (Å²) in [5.41, 5.74) is 0. The number of hydrogen-bond acceptors (Lipinski definition) is 0. The maximum atomic E-state index is 4.22. The van der Waals surface area contributed by atoms with Gasteiger partial charge in [0.1, 0.15) is 0 Å². The van der Waals surface area contributed by atoms with Gasteiger partial charge in [-0.25, -0.2) is 0 Å². The average Bonchev–Trinajstić information content (AvgIpc) is 2.20. The molecule has 0 aliphatic heterocycles. The van der Waals surface area contributed by atoms with Crippen molar-refractivity contribution in [2.24, 2.45) is 0 Å². The summed E-state index contributed by atoms with van der Waals surface area (Å²) in [5, 5.41) is 0. The zero-order chi connectivity index (χ0) is 10.0. The third kappa shape index (κ3) is 3910. The van der Waals surface area contributed by atoms with Crippen LogP contribution in [-0.2, 0) is 0 Å². The molecule has 7 nitrogen and oxygen atoms in total. The molecule has 0 spiro atoms. The molecule has 230 valence electrons. The molecular formula is C13H68Cl10O7+2. The molecule has 0 saturated heterocycles. The maximum Gasteiger partial charge on any atom is 0.267 e. The lowest BCUT2D eigenvalue weighted by Gasteiger charge is -1.00. The van der Waals surface area contributed by atoms with Crippen LogP contribution in [0.25, 0.3) is 0 Å². The first kappa shape index (κ1) is 562. The smallest absolute Gasteiger partial charge is 0.267 e. The Morgan fingerprint density at radius 1 is 0.200 bits per heavy atom. The van der Waals surface area contributed by atoms with Gasteiger partial charge in [-0.2, -0.15) is 0 Å². The van der Waals surface area contributed by atoms with Gasteiger partial charge in [0.25, 0.3) is 21.7 Å². The highest BCUT2D eigenvalue weighted by Gasteiger charge is 1.26. The zero-order valence-electron chi connectivity index (χ0n) is 7.34. The standard InChI is InChI=1S/13CH4.2Cl2H.3Cl2.7H2O/c;;;;;;;;;;;;;5*1-2;;;;;;;/h13*1H4;2*1H;;;;7*1H2/q;;;;;;;;;;;;;2*+1;;;;;;;;;;. The van der Waals surface area contributed by atoms with E-state index < -0.39 is 0 Å². The summed E-state index contributed by atoms with van der Waals surface area (Å²) in [5.74, 6) is 0. The molecule has 30 heavy (non-hydrogen) atoms. The summed E-state index contributed by atoms with van der Waals surface area (Å²) < 4.78 is 0. The molecule has 14 N–H and O–H groups in total. The van der Waals surface area contributed by atoms with E-state index in [2.05, 4.69) is 109 Å². The molecule has 0 saturated carbocycles. The molecule has 0 rings (SSSR count). The molecule has 0 aliphatic carbocycles. The summed E-state index contributed by atoms with van der Waals surface area (Å²) in [6.45, 7) is 0. The van der Waals surface area contributed by atoms with Crippen molar-refractivity contribution in [1.29, 1.82) is 0 Å². The molecule has 0 aromatic rings. The van der Waals surface area contributed by atoms with Gasteiger partial charge >= 0.3 is 0 Å². The summed E-state index contributed by atoms with van der Waals surface area (Å²) >= 11 is 0. The van der Waals surface area contributed by atoms with Gasteiger partial charge in [0.05, 0.1) is 0 Å². The third-order valence-electron chi connectivity index (χ3n) is 0. The van der Waals surface area contributed by atoms with E-state index in [1.165, 1.54) is 0 Å². The van der Waals surface area contributed by atoms with Gasteiger partial charge in [-0.05, 0) is 0 Å². The molecule has 0 bridgehead atoms. The van der Waals surface area contributed by atoms with E-state index in [4.69, 9.17) is 0 Å². The van der Waals surface area contributed by atoms with Crippen molar-refractivity contribution in [2.45, 2.75) is 96.5 Å². The number of hydrogen-bond donors (Lipinski definition) is 0. The Hall–Kier alpha value is 2.62. The summed E-state index contributed by atoms with van der Waals surface area (Å²) in [4.78, 5) is 0. The molecular weight excluding hydrogens is 623 g/mol. The number of rotatable bonds is 0. The lowest BCUT2D eigenvalue weighted by Crippen LogP contribution is -0.713. The van der Waals surface area contributed by atoms with Crippen LogP contribution in [0.4, 0.5) is 0 Å². The Morgan fingerprint density at radius 3 is 0.200 bits per heavy atom. The van der Waals surface area contributed by atoms with E-state index in [1.54, 1.807) is 0 Å². The molecule has 0 fully saturated rings. The molecule has 0 atom stereocenters. The van der Waals surface area contributed by atoms with Crippen molar-refractivity contribution in [3.05, 3.63) is 0 Å². The highest BCUT2D eigenvalue weighted by molar-refractivity contribution is 6.86. The molecule has 0 heterocycles. The van der Waals surface area contributed by atoms with Crippen molar-refractivity contribution >= 4 is 86.8 Å². The van der Waals surface area contributed by atoms with Gasteiger partial charge in [-0.15, -0.1) is 0 Å². The van der Waals surface area contributed by atoms with Crippen LogP contribution in [0.3, 0.4) is 0 Å². The molecule has 0 aromatic carbocycles. The van der Waals surface area contributed by atoms with Crippen molar-refractivity contribution in [3.8, 4) is 0 Å². The first-order valence-corrected chi connectivity index (χ1v) is 6.63. The second kappa shape index (κ2) is 4320. The second-order valence-corrected chi connectivity index (χ2v) is 0. The lowest BCUT2D eigenvalue weighted by molar-refractivity contribution is -0.167. The SMILES string of the molecule is C.C.C.C.C.C.C.C.C.C.C.C.C.ClCl.ClCl.ClCl.Cl[ClH+].Cl[ClH+].O.O.O.O.O.O.O. The van der Waals surface area contributed by atoms with Crippen LogP contribution in [0, 0.1) is 21.7 Å². The second-order valence-electron chi connectivity index (χ2n) is 0. The average molecular weight is 691 g/mol. The Morgan fingerprint density at radius 2 is 0.200 bits per heavy atom. The predicted molar refractivity (Wildman–Crippen MR) is 162 cm³/mol. The van der Waals surface area contributed by atoms with Crippen molar-refractivity contribution in [3.63, 3.8) is 0 Å². The summed E-state index contributed by atoms with van der Waals surface area (Å²) in [7, 11) is 40.2. The van der Waals surface area contributed by atoms with Crippen molar-refractivity contribution < 1.29 is 60.0 Å². The van der Waals surface area contributed by atoms with Crippen LogP contribution in [0.5, 0.6) is 0 Å². The van der Waals surface area contributed by atoms with Crippen LogP contribution in [0.15, 0.2) is 0 Å². The van der Waals surface area contributed by atoms with Crippen LogP contribution in [-0.4, -0.2) is 38.3 Å². The van der Waals surface area contributed by atoms with Crippen LogP contribution >= 0.6 is 86.8 Å². The Labute approximate surface area is 242 Å². The highest BCUT2D eigenvalue weighted by Crippen LogP contribution is 1.69. The minimum absolute atomic E-state index is 0. The van der Waals surface area contributed by atoms with Crippen molar-refractivity contribution in [2.75, 3.05) is 0 Å². The van der Waals surface area contributed by atoms with Gasteiger partial charge in [0, 0.05) is 65.1 Å². The minimum Gasteiger partial charge on any atom is -0.412 e. The normalized spacial score (nSPS) is 1.00. The first-order chi connectivity index (χ1) is 5.00. The molecule has 0 aromatic heterocycles. The Kier molecular flexibility index (Phi) is 80900. The Balaban J connectivity index is -0.000000000388. The molecule has 0 unspecified atom stereocenters. The monoisotopic (exact) mass is 686 g/mol. The first-order valence-electron chi connectivity index (χ1n) is 0.737. The molecule has 0 amide bonds. The fraction of sp³-hybridized carbons (Fsp3) is 1.00. The molecule has 0 radical (unpaired) electrons. The summed E-state index contributed by atoms with van der Waals surface area (Å²) in [6.07, 6.45) is 0. The van der Waals surface area contributed by atoms with E-state index in [0.717, 1.165) is 0 Å². The number of halogens is 10. The van der Waals surface area contributed by atoms with Gasteiger partial charge < -0.3 is 38.3 Å². The largest absolute Gasteiger partial charge is 0.412 e. The predicted octanol–water partition coefficient (Wildman–Crippen LogP) is 7.48. The minimum atomic E-state index is 0. The lowest BCUT2D eigenvalue weighted by atomic mass is 12.0. The van der Waals surface area contributed by atoms with Gasteiger partial charge in [-0.1, -0.05) is 96.5 Å². The van der Waals surface area contributed by atoms with E-state index in [1.807, 2.05) is 0 Å². The third-order valence-corrected chi connectivity index (χ3v) is 0. The Bertz CT molecular complexity index is 46.2. The summed E-state index contributed by atoms with van der Waals surface area (Å²) in [6, 6.07) is 0. The van der Waals surface area contributed by atoms with E-state index >= 15 is 0 Å². The maximum absolute atomic E-state index is 4.22. The topological polar surface area (TPSA) is 220 Å². The van der Waals surface area contributed by atoms with Crippen LogP contribution < -0.4 is 0 Å². The zero-order valence-corrected chi connectivity index (χ0v) is 15.0. The van der Waals surface area contributed by atoms with E-state index in [-0.39, 0.29) is 135 Å². The van der Waals surface area contributed by atoms with Gasteiger partial charge in [0.15, 0.2) is 0 Å². The molecule has 17 heteroatoms. The fourth-order valence-electron chi connectivity index (χ4n) is 0. The quantitative estimate of drug-likeness (QED) is 0.241. The van der Waals surface area contributed by atoms with Crippen LogP contribution in [0.2, 0.25) is 0 Å². The molecule has 0 aliphatic rings. The fourth-order valence-corrected chi connectivity index (χ4v) is 0. The van der Waals surface area contributed by atoms with Crippen LogP contribution in [0.1, 0.15) is 96.5 Å². The van der Waals surface area contributed by atoms with Gasteiger partial charge in [0.2, 0.25) is 21.7 Å². The van der Waals surface area contributed by atoms with E-state index in [9.17, 15) is 0 Å².